The molecule has 6 heterocycles. The fourth-order valence-corrected chi connectivity index (χ4v) is 11.2. The largest absolute Gasteiger partial charge is 0.469 e. The van der Waals surface area contributed by atoms with E-state index >= 15 is 0 Å². The molecule has 5 atom stereocenters. The van der Waals surface area contributed by atoms with Crippen molar-refractivity contribution in [3.05, 3.63) is 273 Å². The first-order chi connectivity index (χ1) is 45.5. The third-order valence-corrected chi connectivity index (χ3v) is 16.2. The molecule has 95 heavy (non-hydrogen) atoms. The Bertz CT molecular complexity index is 3680. The highest BCUT2D eigenvalue weighted by molar-refractivity contribution is 5.87. The fraction of sp³-hybridized carbons (Fsp3) is 0.329. The van der Waals surface area contributed by atoms with Gasteiger partial charge in [0.25, 0.3) is 5.56 Å². The lowest BCUT2D eigenvalue weighted by Gasteiger charge is -2.24. The molecule has 4 fully saturated rings. The number of carbonyl (C=O) groups is 4. The van der Waals surface area contributed by atoms with Crippen LogP contribution in [0.5, 0.6) is 0 Å². The van der Waals surface area contributed by atoms with Crippen LogP contribution in [-0.4, -0.2) is 120 Å². The number of aromatic nitrogens is 3. The molecule has 5 unspecified atom stereocenters. The molecule has 2 N–H and O–H groups in total. The summed E-state index contributed by atoms with van der Waals surface area (Å²) in [6, 6.07) is 65.7. The van der Waals surface area contributed by atoms with Crippen molar-refractivity contribution in [3.8, 4) is 11.3 Å². The molecule has 18 nitrogen and oxygen atoms in total. The summed E-state index contributed by atoms with van der Waals surface area (Å²) < 4.78 is 16.0. The van der Waals surface area contributed by atoms with Gasteiger partial charge in [0.1, 0.15) is 5.60 Å². The zero-order valence-electron chi connectivity index (χ0n) is 55.1. The van der Waals surface area contributed by atoms with Crippen LogP contribution < -0.4 is 21.1 Å². The van der Waals surface area contributed by atoms with E-state index in [4.69, 9.17) is 9.72 Å². The molecule has 12 rings (SSSR count). The van der Waals surface area contributed by atoms with E-state index < -0.39 is 22.4 Å². The van der Waals surface area contributed by atoms with Crippen molar-refractivity contribution in [1.82, 2.24) is 30.1 Å². The number of nitrogens with zero attached hydrogens (tertiary/aromatic N) is 6. The number of nitro groups is 1. The van der Waals surface area contributed by atoms with E-state index in [-0.39, 0.29) is 48.9 Å². The maximum absolute atomic E-state index is 12.4. The number of hydrogen-bond acceptors (Lipinski definition) is 14. The Balaban J connectivity index is 0.000000185. The number of pyridine rings is 1. The van der Waals surface area contributed by atoms with Crippen LogP contribution in [0.15, 0.2) is 223 Å². The minimum absolute atomic E-state index is 0. The van der Waals surface area contributed by atoms with Crippen molar-refractivity contribution in [3.63, 3.8) is 0 Å². The van der Waals surface area contributed by atoms with Gasteiger partial charge in [0.05, 0.1) is 32.3 Å². The second-order valence-corrected chi connectivity index (χ2v) is 24.1. The normalized spacial score (nSPS) is 17.1. The number of amides is 2. The van der Waals surface area contributed by atoms with Crippen LogP contribution in [0.2, 0.25) is 0 Å². The van der Waals surface area contributed by atoms with Crippen LogP contribution in [0, 0.1) is 10.1 Å². The molecule has 8 aromatic rings. The molecule has 4 saturated heterocycles. The Hall–Kier alpha value is -9.78. The third-order valence-electron chi connectivity index (χ3n) is 16.2. The summed E-state index contributed by atoms with van der Waals surface area (Å²) in [5.41, 5.74) is 8.32. The number of halogens is 1. The molecule has 0 spiro atoms. The maximum Gasteiger partial charge on any atom is 0.410 e. The Morgan fingerprint density at radius 3 is 1.67 bits per heavy atom. The predicted octanol–water partition coefficient (Wildman–Crippen LogP) is 13.2. The average Bonchev–Trinajstić information content (AvgIpc) is 1.82. The Kier molecular flexibility index (Phi) is 30.5. The van der Waals surface area contributed by atoms with Crippen molar-refractivity contribution in [2.45, 2.75) is 88.1 Å². The number of ether oxygens (including phenoxy) is 3. The van der Waals surface area contributed by atoms with Gasteiger partial charge >= 0.3 is 18.0 Å². The van der Waals surface area contributed by atoms with Crippen molar-refractivity contribution in [2.75, 3.05) is 71.5 Å². The number of benzene rings is 6. The first-order valence-corrected chi connectivity index (χ1v) is 31.9. The van der Waals surface area contributed by atoms with Gasteiger partial charge < -0.3 is 34.6 Å². The third kappa shape index (κ3) is 25.2. The lowest BCUT2D eigenvalue weighted by atomic mass is 9.96. The summed E-state index contributed by atoms with van der Waals surface area (Å²) in [7, 11) is 4.42. The zero-order chi connectivity index (χ0) is 67.1. The van der Waals surface area contributed by atoms with Gasteiger partial charge in [0.2, 0.25) is 18.4 Å². The number of carbonyl (C=O) groups excluding carboxylic acids is 4. The predicted molar refractivity (Wildman–Crippen MR) is 376 cm³/mol. The summed E-state index contributed by atoms with van der Waals surface area (Å²) in [5, 5.41) is 16.7. The van der Waals surface area contributed by atoms with Gasteiger partial charge in [0.15, 0.2) is 0 Å². The second kappa shape index (κ2) is 39.0. The first-order valence-electron chi connectivity index (χ1n) is 31.9. The molecule has 19 heteroatoms. The first kappa shape index (κ1) is 74.3. The lowest BCUT2D eigenvalue weighted by Crippen LogP contribution is -2.35. The van der Waals surface area contributed by atoms with E-state index in [1.165, 1.54) is 55.5 Å². The highest BCUT2D eigenvalue weighted by Gasteiger charge is 2.31. The van der Waals surface area contributed by atoms with Crippen LogP contribution >= 0.6 is 12.4 Å². The maximum atomic E-state index is 12.4. The van der Waals surface area contributed by atoms with Gasteiger partial charge in [-0.3, -0.25) is 34.0 Å². The van der Waals surface area contributed by atoms with Gasteiger partial charge in [-0.05, 0) is 104 Å². The lowest BCUT2D eigenvalue weighted by molar-refractivity contribution is -0.483. The summed E-state index contributed by atoms with van der Waals surface area (Å²) in [5.74, 6) is 1.77. The van der Waals surface area contributed by atoms with Crippen molar-refractivity contribution in [2.24, 2.45) is 7.05 Å². The minimum atomic E-state index is -0.435. The van der Waals surface area contributed by atoms with Crippen molar-refractivity contribution in [1.29, 1.82) is 0 Å². The summed E-state index contributed by atoms with van der Waals surface area (Å²) in [6.07, 6.45) is 10.4. The van der Waals surface area contributed by atoms with Crippen molar-refractivity contribution < 1.29 is 38.3 Å². The monoisotopic (exact) mass is 1310 g/mol. The van der Waals surface area contributed by atoms with Crippen molar-refractivity contribution >= 4 is 48.4 Å². The minimum Gasteiger partial charge on any atom is -0.469 e. The summed E-state index contributed by atoms with van der Waals surface area (Å²) >= 11 is 0. The van der Waals surface area contributed by atoms with Crippen LogP contribution in [0.4, 0.5) is 10.7 Å². The SMILES string of the molecule is CC(C)(C)OC(=O)N1CCC(c2ccccc2)C1.COC(=O)/C=C/c1ccccc1.COC(=O)CC(C[N+](=O)[O-])c1ccccc1.Cl.Cn1c(N2CCC(c3ccccc3)C2)nc(-c2ccncc2)cc1=O.O=C1CC(c2ccccc2)CN1.c1ccc(C2CCNC2)cc1. The molecule has 6 aromatic carbocycles. The quantitative estimate of drug-likeness (QED) is 0.0361. The Morgan fingerprint density at radius 1 is 0.663 bits per heavy atom. The molecule has 500 valence electrons. The number of hydrogen-bond donors (Lipinski definition) is 2. The number of rotatable bonds is 13. The van der Waals surface area contributed by atoms with E-state index in [2.05, 4.69) is 109 Å². The fourth-order valence-electron chi connectivity index (χ4n) is 11.2. The molecule has 0 radical (unpaired) electrons. The number of anilines is 1. The van der Waals surface area contributed by atoms with Gasteiger partial charge in [-0.25, -0.2) is 14.6 Å². The second-order valence-electron chi connectivity index (χ2n) is 24.1. The van der Waals surface area contributed by atoms with Crippen LogP contribution in [-0.2, 0) is 35.6 Å². The Labute approximate surface area is 564 Å². The van der Waals surface area contributed by atoms with E-state index in [1.54, 1.807) is 60.4 Å². The topological polar surface area (TPSA) is 217 Å². The van der Waals surface area contributed by atoms with Gasteiger partial charge in [0, 0.05) is 106 Å². The number of likely N-dealkylation sites (tertiary alicyclic amines) is 1. The molecule has 4 aliphatic heterocycles. The smallest absolute Gasteiger partial charge is 0.410 e. The summed E-state index contributed by atoms with van der Waals surface area (Å²) in [6.45, 7) is 11.9. The molecule has 4 aliphatic rings. The standard InChI is InChI=1S/C20H20N4O.C15H21NO2.C11H13NO4.C10H11NO.C10H13N.C10H10O2.ClH/c1-23-19(25)13-18(16-7-10-21-11-8-16)22-20(23)24-12-9-17(14-24)15-5-3-2-4-6-15;1-15(2,3)18-14(17)16-10-9-13(11-16)12-7-5-4-6-8-12;1-16-11(13)7-10(8-12(14)15)9-5-3-2-4-6-9;12-10-6-9(7-11-10)8-4-2-1-3-5-8;1-2-4-9(5-3-1)10-6-7-11-8-10;1-12-10(11)8-7-9-5-3-2-4-6-9;/h2-8,10-11,13,17H,9,12,14H2,1H3;4-8,13H,9-11H2,1-3H3;2-6,10H,7-8H2,1H3;1-5,9H,6-7H2,(H,11,12);1-5,10-11H,6-8H2;2-8H,1H3;1H/b;;;;;8-7+;. The molecular weight excluding hydrogens is 1220 g/mol. The molecular formula is C76H89ClN8O10. The van der Waals surface area contributed by atoms with E-state index in [0.717, 1.165) is 80.7 Å². The van der Waals surface area contributed by atoms with Crippen LogP contribution in [0.1, 0.15) is 116 Å². The van der Waals surface area contributed by atoms with E-state index in [9.17, 15) is 34.1 Å². The van der Waals surface area contributed by atoms with Crippen LogP contribution in [0.25, 0.3) is 17.3 Å². The summed E-state index contributed by atoms with van der Waals surface area (Å²) in [4.78, 5) is 80.0. The average molecular weight is 1310 g/mol. The number of nitrogens with one attached hydrogen (secondary N) is 2. The highest BCUT2D eigenvalue weighted by atomic mass is 35.5. The molecule has 0 bridgehead atoms. The van der Waals surface area contributed by atoms with Gasteiger partial charge in [-0.1, -0.05) is 182 Å². The molecule has 2 aromatic heterocycles. The zero-order valence-corrected chi connectivity index (χ0v) is 55.9. The van der Waals surface area contributed by atoms with Crippen LogP contribution in [0.3, 0.4) is 0 Å². The van der Waals surface area contributed by atoms with E-state index in [1.807, 2.05) is 117 Å². The Morgan fingerprint density at radius 2 is 1.18 bits per heavy atom. The molecule has 2 amide bonds. The number of methoxy groups -OCH3 is 2. The van der Waals surface area contributed by atoms with Gasteiger partial charge in [-0.2, -0.15) is 0 Å². The highest BCUT2D eigenvalue weighted by Crippen LogP contribution is 2.31. The molecule has 0 saturated carbocycles. The van der Waals surface area contributed by atoms with E-state index in [0.29, 0.717) is 29.9 Å². The van der Waals surface area contributed by atoms with Gasteiger partial charge in [-0.15, -0.1) is 12.4 Å². The molecule has 0 aliphatic carbocycles. The number of esters is 2.